The SMILES string of the molecule is C=CC(=O)Nc1cccc(Oc2nc(Nc3ccc(C(=O)NC4CCN(C)CC4)c(Cl)c3)nc3ccsc23)c1. The number of carbonyl (C=O) groups excluding carboxylic acids is 2. The average Bonchev–Trinajstić information content (AvgIpc) is 3.39. The zero-order valence-corrected chi connectivity index (χ0v) is 22.8. The number of nitrogens with zero attached hydrogens (tertiary/aromatic N) is 3. The summed E-state index contributed by atoms with van der Waals surface area (Å²) in [6.45, 7) is 5.38. The molecule has 1 saturated heterocycles. The van der Waals surface area contributed by atoms with Crippen molar-refractivity contribution in [1.29, 1.82) is 0 Å². The Morgan fingerprint density at radius 2 is 1.95 bits per heavy atom. The van der Waals surface area contributed by atoms with Gasteiger partial charge in [-0.15, -0.1) is 11.3 Å². The lowest BCUT2D eigenvalue weighted by atomic mass is 10.0. The number of carbonyl (C=O) groups is 2. The Balaban J connectivity index is 1.32. The Morgan fingerprint density at radius 1 is 1.13 bits per heavy atom. The third-order valence-electron chi connectivity index (χ3n) is 6.30. The van der Waals surface area contributed by atoms with Crippen LogP contribution in [-0.4, -0.2) is 52.9 Å². The van der Waals surface area contributed by atoms with E-state index >= 15 is 0 Å². The van der Waals surface area contributed by atoms with Crippen LogP contribution in [-0.2, 0) is 4.79 Å². The normalized spacial score (nSPS) is 14.1. The molecule has 0 radical (unpaired) electrons. The Bertz CT molecular complexity index is 1530. The van der Waals surface area contributed by atoms with E-state index in [9.17, 15) is 9.59 Å². The van der Waals surface area contributed by atoms with Gasteiger partial charge >= 0.3 is 0 Å². The predicted molar refractivity (Wildman–Crippen MR) is 155 cm³/mol. The molecule has 0 atom stereocenters. The largest absolute Gasteiger partial charge is 0.437 e. The second-order valence-electron chi connectivity index (χ2n) is 9.18. The molecule has 2 amide bonds. The number of benzene rings is 2. The number of hydrogen-bond donors (Lipinski definition) is 3. The molecule has 2 aromatic carbocycles. The maximum Gasteiger partial charge on any atom is 0.253 e. The van der Waals surface area contributed by atoms with Crippen molar-refractivity contribution in [3.63, 3.8) is 0 Å². The van der Waals surface area contributed by atoms with Gasteiger partial charge in [-0.3, -0.25) is 9.59 Å². The molecular formula is C28H27ClN6O3S. The molecule has 5 rings (SSSR count). The number of anilines is 3. The quantitative estimate of drug-likeness (QED) is 0.232. The number of fused-ring (bicyclic) bond motifs is 1. The first kappa shape index (κ1) is 26.6. The molecule has 9 nitrogen and oxygen atoms in total. The van der Waals surface area contributed by atoms with E-state index in [0.29, 0.717) is 45.1 Å². The van der Waals surface area contributed by atoms with Gasteiger partial charge in [0, 0.05) is 23.5 Å². The number of halogens is 1. The molecule has 0 spiro atoms. The van der Waals surface area contributed by atoms with Gasteiger partial charge in [0.15, 0.2) is 0 Å². The Labute approximate surface area is 234 Å². The molecule has 1 fully saturated rings. The molecule has 3 heterocycles. The van der Waals surface area contributed by atoms with Crippen LogP contribution in [0.4, 0.5) is 17.3 Å². The second kappa shape index (κ2) is 11.8. The average molecular weight is 563 g/mol. The summed E-state index contributed by atoms with van der Waals surface area (Å²) in [4.78, 5) is 35.9. The summed E-state index contributed by atoms with van der Waals surface area (Å²) in [7, 11) is 2.08. The first-order valence-corrected chi connectivity index (χ1v) is 13.7. The van der Waals surface area contributed by atoms with E-state index in [0.717, 1.165) is 30.6 Å². The van der Waals surface area contributed by atoms with Crippen LogP contribution in [0.1, 0.15) is 23.2 Å². The van der Waals surface area contributed by atoms with E-state index < -0.39 is 0 Å². The molecule has 2 aromatic heterocycles. The van der Waals surface area contributed by atoms with Crippen LogP contribution in [0.25, 0.3) is 10.2 Å². The number of rotatable bonds is 8. The summed E-state index contributed by atoms with van der Waals surface area (Å²) in [6.07, 6.45) is 3.03. The van der Waals surface area contributed by atoms with Crippen molar-refractivity contribution < 1.29 is 14.3 Å². The fraction of sp³-hybridized carbons (Fsp3) is 0.214. The van der Waals surface area contributed by atoms with Crippen LogP contribution in [0.2, 0.25) is 5.02 Å². The minimum absolute atomic E-state index is 0.144. The number of hydrogen-bond acceptors (Lipinski definition) is 8. The fourth-order valence-electron chi connectivity index (χ4n) is 4.23. The topological polar surface area (TPSA) is 108 Å². The van der Waals surface area contributed by atoms with Crippen molar-refractivity contribution in [2.75, 3.05) is 30.8 Å². The summed E-state index contributed by atoms with van der Waals surface area (Å²) in [5.74, 6) is 0.681. The number of amides is 2. The number of nitrogens with one attached hydrogen (secondary N) is 3. The molecule has 4 aromatic rings. The second-order valence-corrected chi connectivity index (χ2v) is 10.5. The van der Waals surface area contributed by atoms with Crippen molar-refractivity contribution in [2.45, 2.75) is 18.9 Å². The van der Waals surface area contributed by atoms with Gasteiger partial charge in [0.05, 0.1) is 16.1 Å². The minimum Gasteiger partial charge on any atom is -0.437 e. The highest BCUT2D eigenvalue weighted by Crippen LogP contribution is 2.34. The highest BCUT2D eigenvalue weighted by molar-refractivity contribution is 7.17. The molecular weight excluding hydrogens is 536 g/mol. The molecule has 0 bridgehead atoms. The van der Waals surface area contributed by atoms with Crippen LogP contribution < -0.4 is 20.7 Å². The number of thiophene rings is 1. The predicted octanol–water partition coefficient (Wildman–Crippen LogP) is 5.83. The van der Waals surface area contributed by atoms with E-state index in [-0.39, 0.29) is 17.9 Å². The van der Waals surface area contributed by atoms with Crippen LogP contribution in [0.5, 0.6) is 11.6 Å². The Kier molecular flexibility index (Phi) is 8.06. The van der Waals surface area contributed by atoms with E-state index in [1.165, 1.54) is 17.4 Å². The number of likely N-dealkylation sites (tertiary alicyclic amines) is 1. The highest BCUT2D eigenvalue weighted by atomic mass is 35.5. The third-order valence-corrected chi connectivity index (χ3v) is 7.50. The van der Waals surface area contributed by atoms with Gasteiger partial charge in [-0.2, -0.15) is 4.98 Å². The first-order valence-electron chi connectivity index (χ1n) is 12.4. The smallest absolute Gasteiger partial charge is 0.253 e. The van der Waals surface area contributed by atoms with Crippen LogP contribution in [0.15, 0.2) is 66.6 Å². The summed E-state index contributed by atoms with van der Waals surface area (Å²) in [5.41, 5.74) is 2.33. The van der Waals surface area contributed by atoms with E-state index in [2.05, 4.69) is 44.4 Å². The number of aromatic nitrogens is 2. The summed E-state index contributed by atoms with van der Waals surface area (Å²) in [5, 5.41) is 11.2. The van der Waals surface area contributed by atoms with Gasteiger partial charge in [0.1, 0.15) is 10.4 Å². The van der Waals surface area contributed by atoms with E-state index in [4.69, 9.17) is 16.3 Å². The fourth-order valence-corrected chi connectivity index (χ4v) is 5.25. The molecule has 1 aliphatic rings. The standard InChI is InChI=1S/C28H27ClN6O3S/c1-3-24(36)30-18-5-4-6-20(15-18)38-27-25-23(11-14-39-25)33-28(34-27)32-19-7-8-21(22(29)16-19)26(37)31-17-9-12-35(2)13-10-17/h3-8,11,14-17H,1,9-10,12-13H2,2H3,(H,30,36)(H,31,37)(H,32,33,34). The third kappa shape index (κ3) is 6.54. The number of piperidine rings is 1. The zero-order chi connectivity index (χ0) is 27.4. The lowest BCUT2D eigenvalue weighted by molar-refractivity contribution is -0.111. The minimum atomic E-state index is -0.315. The maximum atomic E-state index is 12.8. The van der Waals surface area contributed by atoms with Gasteiger partial charge in [-0.1, -0.05) is 24.2 Å². The Hall–Kier alpha value is -3.99. The monoisotopic (exact) mass is 562 g/mol. The van der Waals surface area contributed by atoms with E-state index in [1.807, 2.05) is 11.4 Å². The van der Waals surface area contributed by atoms with Gasteiger partial charge < -0.3 is 25.6 Å². The van der Waals surface area contributed by atoms with Gasteiger partial charge in [-0.05, 0) is 80.8 Å². The Morgan fingerprint density at radius 3 is 2.72 bits per heavy atom. The molecule has 0 saturated carbocycles. The molecule has 1 aliphatic heterocycles. The van der Waals surface area contributed by atoms with Crippen LogP contribution in [0.3, 0.4) is 0 Å². The first-order chi connectivity index (χ1) is 18.9. The lowest BCUT2D eigenvalue weighted by Crippen LogP contribution is -2.43. The molecule has 3 N–H and O–H groups in total. The molecule has 0 unspecified atom stereocenters. The zero-order valence-electron chi connectivity index (χ0n) is 21.2. The van der Waals surface area contributed by atoms with Crippen molar-refractivity contribution in [1.82, 2.24) is 20.2 Å². The van der Waals surface area contributed by atoms with Crippen LogP contribution >= 0.6 is 22.9 Å². The van der Waals surface area contributed by atoms with Crippen molar-refractivity contribution in [2.24, 2.45) is 0 Å². The van der Waals surface area contributed by atoms with Crippen molar-refractivity contribution >= 4 is 62.3 Å². The van der Waals surface area contributed by atoms with Crippen molar-refractivity contribution in [3.05, 3.63) is 77.2 Å². The van der Waals surface area contributed by atoms with Gasteiger partial charge in [0.25, 0.3) is 5.91 Å². The molecule has 39 heavy (non-hydrogen) atoms. The highest BCUT2D eigenvalue weighted by Gasteiger charge is 2.20. The molecule has 11 heteroatoms. The van der Waals surface area contributed by atoms with E-state index in [1.54, 1.807) is 42.5 Å². The summed E-state index contributed by atoms with van der Waals surface area (Å²) in [6, 6.07) is 14.2. The summed E-state index contributed by atoms with van der Waals surface area (Å²) >= 11 is 7.96. The van der Waals surface area contributed by atoms with Crippen molar-refractivity contribution in [3.8, 4) is 11.6 Å². The number of ether oxygens (including phenoxy) is 1. The lowest BCUT2D eigenvalue weighted by Gasteiger charge is -2.29. The molecule has 200 valence electrons. The maximum absolute atomic E-state index is 12.8. The van der Waals surface area contributed by atoms with Gasteiger partial charge in [-0.25, -0.2) is 4.98 Å². The summed E-state index contributed by atoms with van der Waals surface area (Å²) < 4.78 is 6.88. The molecule has 0 aliphatic carbocycles. The van der Waals surface area contributed by atoms with Gasteiger partial charge in [0.2, 0.25) is 17.7 Å². The van der Waals surface area contributed by atoms with Crippen LogP contribution in [0, 0.1) is 0 Å².